The zero-order valence-corrected chi connectivity index (χ0v) is 11.7. The van der Waals surface area contributed by atoms with Gasteiger partial charge in [-0.25, -0.2) is 0 Å². The van der Waals surface area contributed by atoms with Gasteiger partial charge in [-0.05, 0) is 35.4 Å². The summed E-state index contributed by atoms with van der Waals surface area (Å²) in [6, 6.07) is 12.3. The van der Waals surface area contributed by atoms with Gasteiger partial charge < -0.3 is 14.2 Å². The van der Waals surface area contributed by atoms with Crippen molar-refractivity contribution in [2.75, 3.05) is 21.3 Å². The highest BCUT2D eigenvalue weighted by Gasteiger charge is 2.06. The van der Waals surface area contributed by atoms with E-state index in [9.17, 15) is 4.79 Å². The van der Waals surface area contributed by atoms with Crippen LogP contribution in [0.3, 0.4) is 0 Å². The monoisotopic (exact) mass is 272 g/mol. The van der Waals surface area contributed by atoms with E-state index in [2.05, 4.69) is 0 Å². The second kappa shape index (κ2) is 6.10. The highest BCUT2D eigenvalue weighted by molar-refractivity contribution is 5.67. The minimum absolute atomic E-state index is 0.153. The number of hydrogen-bond donors (Lipinski definition) is 0. The Morgan fingerprint density at radius 2 is 1.20 bits per heavy atom. The Hall–Kier alpha value is -2.49. The van der Waals surface area contributed by atoms with E-state index in [0.29, 0.717) is 17.2 Å². The van der Waals surface area contributed by atoms with Gasteiger partial charge in [0.25, 0.3) is 0 Å². The number of benzene rings is 1. The molecule has 0 heterocycles. The van der Waals surface area contributed by atoms with Crippen LogP contribution >= 0.6 is 0 Å². The molecule has 0 spiro atoms. The zero-order valence-electron chi connectivity index (χ0n) is 11.7. The average Bonchev–Trinajstić information content (AvgIpc) is 2.68. The molecule has 0 radical (unpaired) electrons. The fraction of sp³-hybridized carbons (Fsp3) is 0.188. The standard InChI is InChI=1S/C16H16O4/c1-18-14-8-5-11(4-7-13(14)17)12-6-9-15(19-2)16(10-12)20-3/h4-10H,1-3H3. The third-order valence-corrected chi connectivity index (χ3v) is 3.01. The van der Waals surface area contributed by atoms with Crippen LogP contribution in [-0.4, -0.2) is 21.3 Å². The van der Waals surface area contributed by atoms with E-state index in [-0.39, 0.29) is 5.43 Å². The van der Waals surface area contributed by atoms with Crippen LogP contribution in [0.15, 0.2) is 47.3 Å². The molecule has 2 aromatic carbocycles. The SMILES string of the molecule is COc1ccc(-c2ccc(OC)c(=O)cc2)cc1OC. The van der Waals surface area contributed by atoms with Crippen molar-refractivity contribution < 1.29 is 14.2 Å². The Bertz CT molecular complexity index is 665. The smallest absolute Gasteiger partial charge is 0.220 e. The summed E-state index contributed by atoms with van der Waals surface area (Å²) in [5, 5.41) is 0. The first-order chi connectivity index (χ1) is 9.69. The fourth-order valence-corrected chi connectivity index (χ4v) is 1.93. The van der Waals surface area contributed by atoms with Crippen LogP contribution in [0.25, 0.3) is 11.1 Å². The predicted molar refractivity (Wildman–Crippen MR) is 77.8 cm³/mol. The van der Waals surface area contributed by atoms with Gasteiger partial charge in [0.2, 0.25) is 5.43 Å². The summed E-state index contributed by atoms with van der Waals surface area (Å²) in [4.78, 5) is 11.7. The molecule has 0 saturated heterocycles. The maximum atomic E-state index is 11.7. The van der Waals surface area contributed by atoms with Crippen molar-refractivity contribution in [1.29, 1.82) is 0 Å². The molecule has 0 aliphatic rings. The molecule has 4 heteroatoms. The molecule has 0 fully saturated rings. The van der Waals surface area contributed by atoms with Crippen LogP contribution in [0, 0.1) is 0 Å². The van der Waals surface area contributed by atoms with Gasteiger partial charge in [0.05, 0.1) is 21.3 Å². The van der Waals surface area contributed by atoms with Crippen molar-refractivity contribution in [1.82, 2.24) is 0 Å². The van der Waals surface area contributed by atoms with Crippen LogP contribution in [0.2, 0.25) is 0 Å². The van der Waals surface area contributed by atoms with Gasteiger partial charge in [-0.3, -0.25) is 4.79 Å². The molecule has 0 unspecified atom stereocenters. The largest absolute Gasteiger partial charge is 0.493 e. The van der Waals surface area contributed by atoms with Crippen molar-refractivity contribution in [3.8, 4) is 28.4 Å². The fourth-order valence-electron chi connectivity index (χ4n) is 1.93. The van der Waals surface area contributed by atoms with E-state index in [1.807, 2.05) is 24.3 Å². The lowest BCUT2D eigenvalue weighted by molar-refractivity contribution is 0.355. The summed E-state index contributed by atoms with van der Waals surface area (Å²) >= 11 is 0. The summed E-state index contributed by atoms with van der Waals surface area (Å²) in [6.07, 6.45) is 0. The first kappa shape index (κ1) is 13.9. The Labute approximate surface area is 117 Å². The van der Waals surface area contributed by atoms with Crippen LogP contribution < -0.4 is 19.6 Å². The number of methoxy groups -OCH3 is 3. The molecule has 0 N–H and O–H groups in total. The van der Waals surface area contributed by atoms with Gasteiger partial charge >= 0.3 is 0 Å². The maximum absolute atomic E-state index is 11.7. The molecule has 0 aliphatic heterocycles. The lowest BCUT2D eigenvalue weighted by Crippen LogP contribution is -1.98. The Balaban J connectivity index is 2.52. The first-order valence-corrected chi connectivity index (χ1v) is 6.10. The maximum Gasteiger partial charge on any atom is 0.220 e. The van der Waals surface area contributed by atoms with Crippen LogP contribution in [-0.2, 0) is 0 Å². The van der Waals surface area contributed by atoms with Crippen LogP contribution in [0.1, 0.15) is 0 Å². The zero-order chi connectivity index (χ0) is 14.5. The minimum atomic E-state index is -0.153. The van der Waals surface area contributed by atoms with Gasteiger partial charge in [0, 0.05) is 0 Å². The summed E-state index contributed by atoms with van der Waals surface area (Å²) in [6.45, 7) is 0. The van der Waals surface area contributed by atoms with Crippen molar-refractivity contribution >= 4 is 0 Å². The van der Waals surface area contributed by atoms with E-state index in [1.165, 1.54) is 13.2 Å². The second-order valence-corrected chi connectivity index (χ2v) is 4.12. The van der Waals surface area contributed by atoms with E-state index >= 15 is 0 Å². The molecule has 0 amide bonds. The van der Waals surface area contributed by atoms with Crippen molar-refractivity contribution in [2.24, 2.45) is 0 Å². The Kier molecular flexibility index (Phi) is 4.25. The highest BCUT2D eigenvalue weighted by Crippen LogP contribution is 2.32. The van der Waals surface area contributed by atoms with Crippen LogP contribution in [0.4, 0.5) is 0 Å². The van der Waals surface area contributed by atoms with Crippen LogP contribution in [0.5, 0.6) is 17.2 Å². The van der Waals surface area contributed by atoms with Gasteiger partial charge in [-0.2, -0.15) is 0 Å². The molecule has 0 atom stereocenters. The lowest BCUT2D eigenvalue weighted by atomic mass is 10.1. The van der Waals surface area contributed by atoms with E-state index in [0.717, 1.165) is 11.1 Å². The Morgan fingerprint density at radius 3 is 1.85 bits per heavy atom. The van der Waals surface area contributed by atoms with Gasteiger partial charge in [0.15, 0.2) is 17.2 Å². The molecule has 0 aromatic heterocycles. The lowest BCUT2D eigenvalue weighted by Gasteiger charge is -2.09. The van der Waals surface area contributed by atoms with E-state index in [1.54, 1.807) is 26.4 Å². The summed E-state index contributed by atoms with van der Waals surface area (Å²) in [5.74, 6) is 1.63. The molecule has 0 saturated carbocycles. The van der Waals surface area contributed by atoms with Crippen molar-refractivity contribution in [3.05, 3.63) is 52.7 Å². The van der Waals surface area contributed by atoms with Crippen molar-refractivity contribution in [2.45, 2.75) is 0 Å². The number of ether oxygens (including phenoxy) is 3. The van der Waals surface area contributed by atoms with E-state index < -0.39 is 0 Å². The Morgan fingerprint density at radius 1 is 0.650 bits per heavy atom. The number of hydrogen-bond acceptors (Lipinski definition) is 4. The van der Waals surface area contributed by atoms with Gasteiger partial charge in [-0.15, -0.1) is 0 Å². The minimum Gasteiger partial charge on any atom is -0.493 e. The third kappa shape index (κ3) is 2.74. The molecular formula is C16H16O4. The average molecular weight is 272 g/mol. The summed E-state index contributed by atoms with van der Waals surface area (Å²) in [5.41, 5.74) is 1.67. The van der Waals surface area contributed by atoms with Crippen molar-refractivity contribution in [3.63, 3.8) is 0 Å². The van der Waals surface area contributed by atoms with Gasteiger partial charge in [0.1, 0.15) is 0 Å². The second-order valence-electron chi connectivity index (χ2n) is 4.12. The molecule has 2 aromatic rings. The quantitative estimate of drug-likeness (QED) is 0.858. The molecule has 2 rings (SSSR count). The molecular weight excluding hydrogens is 256 g/mol. The molecule has 20 heavy (non-hydrogen) atoms. The summed E-state index contributed by atoms with van der Waals surface area (Å²) in [7, 11) is 4.66. The third-order valence-electron chi connectivity index (χ3n) is 3.01. The topological polar surface area (TPSA) is 44.8 Å². The highest BCUT2D eigenvalue weighted by atomic mass is 16.5. The molecule has 0 bridgehead atoms. The number of rotatable bonds is 4. The molecule has 104 valence electrons. The first-order valence-electron chi connectivity index (χ1n) is 6.10. The van der Waals surface area contributed by atoms with Gasteiger partial charge in [-0.1, -0.05) is 18.2 Å². The van der Waals surface area contributed by atoms with E-state index in [4.69, 9.17) is 14.2 Å². The summed E-state index contributed by atoms with van der Waals surface area (Å²) < 4.78 is 15.5. The molecule has 0 aliphatic carbocycles. The normalized spacial score (nSPS) is 9.95. The predicted octanol–water partition coefficient (Wildman–Crippen LogP) is 2.74. The molecule has 4 nitrogen and oxygen atoms in total.